The smallest absolute Gasteiger partial charge is 0.166 e. The van der Waals surface area contributed by atoms with Gasteiger partial charge < -0.3 is 10.5 Å². The Labute approximate surface area is 121 Å². The lowest BCUT2D eigenvalue weighted by atomic mass is 10.2. The quantitative estimate of drug-likeness (QED) is 0.802. The highest BCUT2D eigenvalue weighted by Crippen LogP contribution is 2.25. The van der Waals surface area contributed by atoms with Gasteiger partial charge in [0.25, 0.3) is 0 Å². The Hall–Kier alpha value is -1.07. The minimum atomic E-state index is -0.393. The van der Waals surface area contributed by atoms with Crippen molar-refractivity contribution in [1.82, 2.24) is 0 Å². The van der Waals surface area contributed by atoms with Gasteiger partial charge in [-0.25, -0.2) is 4.39 Å². The lowest BCUT2D eigenvalue weighted by Gasteiger charge is -2.09. The molecular weight excluding hydrogens is 365 g/mol. The number of benzene rings is 2. The zero-order valence-corrected chi connectivity index (χ0v) is 12.5. The van der Waals surface area contributed by atoms with E-state index in [1.165, 1.54) is 6.07 Å². The average Bonchev–Trinajstić information content (AvgIpc) is 2.30. The maximum atomic E-state index is 13.5. The van der Waals surface area contributed by atoms with Crippen LogP contribution in [0.25, 0.3) is 0 Å². The first kappa shape index (κ1) is 13.4. The SMILES string of the molecule is Nc1ccc(COc2ccc(Br)cc2F)c(Br)c1. The molecule has 94 valence electrons. The lowest BCUT2D eigenvalue weighted by molar-refractivity contribution is 0.289. The zero-order valence-electron chi connectivity index (χ0n) is 9.29. The van der Waals surface area contributed by atoms with E-state index in [2.05, 4.69) is 31.9 Å². The first-order valence-corrected chi connectivity index (χ1v) is 6.76. The summed E-state index contributed by atoms with van der Waals surface area (Å²) in [4.78, 5) is 0. The Morgan fingerprint density at radius 3 is 2.56 bits per heavy atom. The van der Waals surface area contributed by atoms with E-state index < -0.39 is 5.82 Å². The van der Waals surface area contributed by atoms with Crippen LogP contribution in [0.15, 0.2) is 45.3 Å². The number of hydrogen-bond donors (Lipinski definition) is 1. The van der Waals surface area contributed by atoms with Gasteiger partial charge in [0, 0.05) is 20.2 Å². The van der Waals surface area contributed by atoms with Crippen molar-refractivity contribution in [3.05, 3.63) is 56.7 Å². The van der Waals surface area contributed by atoms with Crippen molar-refractivity contribution in [3.63, 3.8) is 0 Å². The van der Waals surface area contributed by atoms with Crippen molar-refractivity contribution in [2.24, 2.45) is 0 Å². The molecule has 2 N–H and O–H groups in total. The van der Waals surface area contributed by atoms with Crippen LogP contribution in [0.2, 0.25) is 0 Å². The highest BCUT2D eigenvalue weighted by molar-refractivity contribution is 9.10. The third kappa shape index (κ3) is 3.23. The fourth-order valence-electron chi connectivity index (χ4n) is 1.43. The number of nitrogen functional groups attached to an aromatic ring is 1. The molecule has 0 amide bonds. The lowest BCUT2D eigenvalue weighted by Crippen LogP contribution is -1.99. The zero-order chi connectivity index (χ0) is 13.1. The Balaban J connectivity index is 2.11. The molecule has 5 heteroatoms. The number of anilines is 1. The molecule has 0 aliphatic heterocycles. The topological polar surface area (TPSA) is 35.2 Å². The normalized spacial score (nSPS) is 10.4. The second kappa shape index (κ2) is 5.71. The number of rotatable bonds is 3. The summed E-state index contributed by atoms with van der Waals surface area (Å²) in [6, 6.07) is 10.1. The highest BCUT2D eigenvalue weighted by Gasteiger charge is 2.06. The van der Waals surface area contributed by atoms with Crippen LogP contribution in [-0.2, 0) is 6.61 Å². The molecule has 0 aliphatic rings. The number of halogens is 3. The highest BCUT2D eigenvalue weighted by atomic mass is 79.9. The number of nitrogens with two attached hydrogens (primary N) is 1. The van der Waals surface area contributed by atoms with E-state index in [1.807, 2.05) is 6.07 Å². The van der Waals surface area contributed by atoms with Crippen LogP contribution in [0.3, 0.4) is 0 Å². The second-order valence-corrected chi connectivity index (χ2v) is 5.48. The summed E-state index contributed by atoms with van der Waals surface area (Å²) in [5.74, 6) is -0.169. The molecule has 18 heavy (non-hydrogen) atoms. The van der Waals surface area contributed by atoms with Crippen LogP contribution < -0.4 is 10.5 Å². The molecule has 0 spiro atoms. The maximum absolute atomic E-state index is 13.5. The minimum absolute atomic E-state index is 0.224. The van der Waals surface area contributed by atoms with Crippen molar-refractivity contribution < 1.29 is 9.13 Å². The minimum Gasteiger partial charge on any atom is -0.486 e. The number of hydrogen-bond acceptors (Lipinski definition) is 2. The Kier molecular flexibility index (Phi) is 4.24. The summed E-state index contributed by atoms with van der Waals surface area (Å²) in [6.45, 7) is 0.277. The van der Waals surface area contributed by atoms with Gasteiger partial charge >= 0.3 is 0 Å². The first-order chi connectivity index (χ1) is 8.56. The standard InChI is InChI=1S/C13H10Br2FNO/c14-9-2-4-13(12(16)5-9)18-7-8-1-3-10(17)6-11(8)15/h1-6H,7,17H2. The van der Waals surface area contributed by atoms with E-state index in [9.17, 15) is 4.39 Å². The van der Waals surface area contributed by atoms with Crippen molar-refractivity contribution in [3.8, 4) is 5.75 Å². The van der Waals surface area contributed by atoms with E-state index in [0.717, 1.165) is 10.0 Å². The van der Waals surface area contributed by atoms with Gasteiger partial charge in [-0.1, -0.05) is 37.9 Å². The summed E-state index contributed by atoms with van der Waals surface area (Å²) in [5.41, 5.74) is 7.22. The molecule has 2 nitrogen and oxygen atoms in total. The van der Waals surface area contributed by atoms with E-state index >= 15 is 0 Å². The van der Waals surface area contributed by atoms with Crippen LogP contribution in [-0.4, -0.2) is 0 Å². The monoisotopic (exact) mass is 373 g/mol. The van der Waals surface area contributed by atoms with Gasteiger partial charge in [-0.15, -0.1) is 0 Å². The molecule has 2 aromatic carbocycles. The van der Waals surface area contributed by atoms with Gasteiger partial charge in [0.05, 0.1) is 0 Å². The summed E-state index contributed by atoms with van der Waals surface area (Å²) < 4.78 is 20.5. The third-order valence-electron chi connectivity index (χ3n) is 2.35. The van der Waals surface area contributed by atoms with Crippen LogP contribution in [0.1, 0.15) is 5.56 Å². The summed E-state index contributed by atoms with van der Waals surface area (Å²) in [6.07, 6.45) is 0. The molecule has 0 heterocycles. The van der Waals surface area contributed by atoms with E-state index in [1.54, 1.807) is 24.3 Å². The van der Waals surface area contributed by atoms with E-state index in [-0.39, 0.29) is 12.4 Å². The molecule has 0 aromatic heterocycles. The van der Waals surface area contributed by atoms with Crippen molar-refractivity contribution in [2.45, 2.75) is 6.61 Å². The predicted molar refractivity (Wildman–Crippen MR) is 77.0 cm³/mol. The Morgan fingerprint density at radius 1 is 1.11 bits per heavy atom. The molecule has 0 radical (unpaired) electrons. The largest absolute Gasteiger partial charge is 0.486 e. The predicted octanol–water partition coefficient (Wildman–Crippen LogP) is 4.51. The fraction of sp³-hybridized carbons (Fsp3) is 0.0769. The molecule has 0 fully saturated rings. The molecule has 0 atom stereocenters. The van der Waals surface area contributed by atoms with Gasteiger partial charge in [-0.2, -0.15) is 0 Å². The Bertz CT molecular complexity index is 523. The van der Waals surface area contributed by atoms with Crippen molar-refractivity contribution in [2.75, 3.05) is 5.73 Å². The second-order valence-electron chi connectivity index (χ2n) is 3.71. The first-order valence-electron chi connectivity index (χ1n) is 5.18. The van der Waals surface area contributed by atoms with E-state index in [4.69, 9.17) is 10.5 Å². The van der Waals surface area contributed by atoms with Crippen LogP contribution >= 0.6 is 31.9 Å². The molecule has 0 unspecified atom stereocenters. The summed E-state index contributed by atoms with van der Waals surface area (Å²) >= 11 is 6.58. The molecule has 0 aliphatic carbocycles. The molecule has 2 aromatic rings. The Morgan fingerprint density at radius 2 is 1.89 bits per heavy atom. The van der Waals surface area contributed by atoms with Crippen LogP contribution in [0.4, 0.5) is 10.1 Å². The molecule has 0 saturated heterocycles. The van der Waals surface area contributed by atoms with Crippen molar-refractivity contribution in [1.29, 1.82) is 0 Å². The van der Waals surface area contributed by atoms with Gasteiger partial charge in [-0.05, 0) is 30.3 Å². The van der Waals surface area contributed by atoms with Gasteiger partial charge in [0.1, 0.15) is 6.61 Å². The average molecular weight is 375 g/mol. The molecular formula is C13H10Br2FNO. The number of ether oxygens (including phenoxy) is 1. The van der Waals surface area contributed by atoms with E-state index in [0.29, 0.717) is 10.2 Å². The molecule has 0 saturated carbocycles. The van der Waals surface area contributed by atoms with Crippen molar-refractivity contribution >= 4 is 37.5 Å². The maximum Gasteiger partial charge on any atom is 0.166 e. The summed E-state index contributed by atoms with van der Waals surface area (Å²) in [7, 11) is 0. The van der Waals surface area contributed by atoms with Crippen LogP contribution in [0.5, 0.6) is 5.75 Å². The van der Waals surface area contributed by atoms with Gasteiger partial charge in [-0.3, -0.25) is 0 Å². The van der Waals surface area contributed by atoms with Gasteiger partial charge in [0.15, 0.2) is 11.6 Å². The fourth-order valence-corrected chi connectivity index (χ4v) is 2.27. The third-order valence-corrected chi connectivity index (χ3v) is 3.59. The molecule has 0 bridgehead atoms. The summed E-state index contributed by atoms with van der Waals surface area (Å²) in [5, 5.41) is 0. The van der Waals surface area contributed by atoms with Crippen LogP contribution in [0, 0.1) is 5.82 Å². The molecule has 2 rings (SSSR count). The van der Waals surface area contributed by atoms with Gasteiger partial charge in [0.2, 0.25) is 0 Å².